The van der Waals surface area contributed by atoms with Crippen molar-refractivity contribution in [3.8, 4) is 0 Å². The summed E-state index contributed by atoms with van der Waals surface area (Å²) in [5, 5.41) is 6.79. The fourth-order valence-corrected chi connectivity index (χ4v) is 3.82. The first-order valence-electron chi connectivity index (χ1n) is 9.06. The Labute approximate surface area is 135 Å². The van der Waals surface area contributed by atoms with E-state index in [4.69, 9.17) is 4.74 Å². The summed E-state index contributed by atoms with van der Waals surface area (Å²) in [5.41, 5.74) is -0.422. The first-order valence-corrected chi connectivity index (χ1v) is 9.06. The maximum atomic E-state index is 11.9. The van der Waals surface area contributed by atoms with Gasteiger partial charge in [0.15, 0.2) is 0 Å². The van der Waals surface area contributed by atoms with Gasteiger partial charge in [0.25, 0.3) is 0 Å². The van der Waals surface area contributed by atoms with E-state index >= 15 is 0 Å². The largest absolute Gasteiger partial charge is 0.444 e. The van der Waals surface area contributed by atoms with E-state index in [1.54, 1.807) is 0 Å². The summed E-state index contributed by atoms with van der Waals surface area (Å²) in [6.07, 6.45) is 8.38. The minimum absolute atomic E-state index is 0.252. The van der Waals surface area contributed by atoms with E-state index in [1.807, 2.05) is 20.8 Å². The highest BCUT2D eigenvalue weighted by molar-refractivity contribution is 5.68. The number of carbonyl (C=O) groups excluding carboxylic acids is 1. The molecule has 4 heteroatoms. The van der Waals surface area contributed by atoms with Crippen molar-refractivity contribution in [3.05, 3.63) is 0 Å². The Kier molecular flexibility index (Phi) is 6.13. The lowest BCUT2D eigenvalue weighted by Crippen LogP contribution is -2.46. The van der Waals surface area contributed by atoms with Crippen LogP contribution in [0.15, 0.2) is 0 Å². The van der Waals surface area contributed by atoms with E-state index in [0.29, 0.717) is 6.04 Å². The zero-order chi connectivity index (χ0) is 16.2. The highest BCUT2D eigenvalue weighted by Gasteiger charge is 2.27. The van der Waals surface area contributed by atoms with Gasteiger partial charge in [0.05, 0.1) is 0 Å². The third-order valence-corrected chi connectivity index (χ3v) is 5.10. The van der Waals surface area contributed by atoms with Crippen LogP contribution in [-0.4, -0.2) is 30.3 Å². The Hall–Kier alpha value is -0.770. The smallest absolute Gasteiger partial charge is 0.407 e. The van der Waals surface area contributed by atoms with Crippen LogP contribution in [0.25, 0.3) is 0 Å². The van der Waals surface area contributed by atoms with Gasteiger partial charge in [-0.25, -0.2) is 4.79 Å². The summed E-state index contributed by atoms with van der Waals surface area (Å²) in [6, 6.07) is 0.795. The molecular formula is C18H34N2O2. The number of amides is 1. The van der Waals surface area contributed by atoms with Gasteiger partial charge in [-0.2, -0.15) is 0 Å². The Morgan fingerprint density at radius 3 is 2.41 bits per heavy atom. The Morgan fingerprint density at radius 1 is 1.09 bits per heavy atom. The number of nitrogens with one attached hydrogen (secondary N) is 2. The van der Waals surface area contributed by atoms with Gasteiger partial charge in [-0.15, -0.1) is 0 Å². The molecule has 0 aromatic heterocycles. The lowest BCUT2D eigenvalue weighted by atomic mass is 9.90. The van der Waals surface area contributed by atoms with Crippen LogP contribution in [0.4, 0.5) is 4.79 Å². The van der Waals surface area contributed by atoms with E-state index in [-0.39, 0.29) is 12.1 Å². The van der Waals surface area contributed by atoms with Crippen LogP contribution in [-0.2, 0) is 4.74 Å². The van der Waals surface area contributed by atoms with Crippen molar-refractivity contribution >= 4 is 6.09 Å². The fraction of sp³-hybridized carbons (Fsp3) is 0.944. The van der Waals surface area contributed by atoms with Crippen LogP contribution in [0.1, 0.15) is 72.6 Å². The molecule has 2 fully saturated rings. The van der Waals surface area contributed by atoms with E-state index < -0.39 is 5.60 Å². The number of alkyl carbamates (subject to hydrolysis) is 1. The maximum absolute atomic E-state index is 11.9. The molecule has 1 amide bonds. The normalized spacial score (nSPS) is 32.7. The second kappa shape index (κ2) is 7.67. The van der Waals surface area contributed by atoms with Crippen LogP contribution >= 0.6 is 0 Å². The van der Waals surface area contributed by atoms with Crippen LogP contribution < -0.4 is 10.6 Å². The summed E-state index contributed by atoms with van der Waals surface area (Å²) in [5.74, 6) is 1.71. The predicted octanol–water partition coefficient (Wildman–Crippen LogP) is 3.85. The molecule has 0 aromatic rings. The van der Waals surface area contributed by atoms with Gasteiger partial charge in [0.2, 0.25) is 0 Å². The van der Waals surface area contributed by atoms with E-state index in [9.17, 15) is 4.79 Å². The molecule has 2 rings (SSSR count). The minimum atomic E-state index is -0.422. The van der Waals surface area contributed by atoms with Crippen molar-refractivity contribution < 1.29 is 9.53 Å². The average Bonchev–Trinajstić information content (AvgIpc) is 2.80. The first kappa shape index (κ1) is 17.6. The van der Waals surface area contributed by atoms with Crippen molar-refractivity contribution in [2.45, 2.75) is 90.3 Å². The molecule has 0 heterocycles. The molecule has 2 saturated carbocycles. The molecule has 0 aliphatic heterocycles. The number of hydrogen-bond acceptors (Lipinski definition) is 3. The summed E-state index contributed by atoms with van der Waals surface area (Å²) in [6.45, 7) is 9.24. The van der Waals surface area contributed by atoms with E-state index in [2.05, 4.69) is 17.6 Å². The molecular weight excluding hydrogens is 276 g/mol. The van der Waals surface area contributed by atoms with Crippen molar-refractivity contribution in [2.24, 2.45) is 11.8 Å². The third-order valence-electron chi connectivity index (χ3n) is 5.10. The van der Waals surface area contributed by atoms with Crippen molar-refractivity contribution in [3.63, 3.8) is 0 Å². The number of rotatable bonds is 4. The first-order chi connectivity index (χ1) is 10.3. The SMILES string of the molecule is CC1CCCC1CNC1CCCC(NC(=O)OC(C)(C)C)C1. The van der Waals surface area contributed by atoms with Crippen molar-refractivity contribution in [1.82, 2.24) is 10.6 Å². The minimum Gasteiger partial charge on any atom is -0.444 e. The summed E-state index contributed by atoms with van der Waals surface area (Å²) >= 11 is 0. The van der Waals surface area contributed by atoms with Crippen LogP contribution in [0.3, 0.4) is 0 Å². The van der Waals surface area contributed by atoms with E-state index in [1.165, 1.54) is 32.1 Å². The molecule has 0 aromatic carbocycles. The van der Waals surface area contributed by atoms with E-state index in [0.717, 1.165) is 31.2 Å². The average molecular weight is 310 g/mol. The van der Waals surface area contributed by atoms with Crippen molar-refractivity contribution in [2.75, 3.05) is 6.54 Å². The molecule has 2 N–H and O–H groups in total. The van der Waals surface area contributed by atoms with Gasteiger partial charge in [-0.1, -0.05) is 19.8 Å². The molecule has 128 valence electrons. The zero-order valence-corrected chi connectivity index (χ0v) is 14.8. The van der Waals surface area contributed by atoms with Gasteiger partial charge in [0, 0.05) is 12.1 Å². The zero-order valence-electron chi connectivity index (χ0n) is 14.8. The Balaban J connectivity index is 1.71. The maximum Gasteiger partial charge on any atom is 0.407 e. The van der Waals surface area contributed by atoms with Gasteiger partial charge >= 0.3 is 6.09 Å². The molecule has 4 unspecified atom stereocenters. The highest BCUT2D eigenvalue weighted by Crippen LogP contribution is 2.31. The molecule has 0 saturated heterocycles. The lowest BCUT2D eigenvalue weighted by molar-refractivity contribution is 0.0488. The van der Waals surface area contributed by atoms with Crippen molar-refractivity contribution in [1.29, 1.82) is 0 Å². The summed E-state index contributed by atoms with van der Waals surface area (Å²) in [7, 11) is 0. The quantitative estimate of drug-likeness (QED) is 0.829. The Bertz CT molecular complexity index is 365. The Morgan fingerprint density at radius 2 is 1.77 bits per heavy atom. The van der Waals surface area contributed by atoms with Gasteiger partial charge in [-0.05, 0) is 71.3 Å². The molecule has 0 bridgehead atoms. The molecule has 4 atom stereocenters. The summed E-state index contributed by atoms with van der Waals surface area (Å²) in [4.78, 5) is 11.9. The monoisotopic (exact) mass is 310 g/mol. The molecule has 4 nitrogen and oxygen atoms in total. The van der Waals surface area contributed by atoms with Crippen LogP contribution in [0, 0.1) is 11.8 Å². The highest BCUT2D eigenvalue weighted by atomic mass is 16.6. The fourth-order valence-electron chi connectivity index (χ4n) is 3.82. The van der Waals surface area contributed by atoms with Gasteiger partial charge < -0.3 is 15.4 Å². The topological polar surface area (TPSA) is 50.4 Å². The van der Waals surface area contributed by atoms with Gasteiger partial charge in [-0.3, -0.25) is 0 Å². The molecule has 2 aliphatic rings. The molecule has 0 radical (unpaired) electrons. The van der Waals surface area contributed by atoms with Crippen LogP contribution in [0.2, 0.25) is 0 Å². The molecule has 22 heavy (non-hydrogen) atoms. The number of ether oxygens (including phenoxy) is 1. The second-order valence-corrected chi connectivity index (χ2v) is 8.28. The molecule has 2 aliphatic carbocycles. The predicted molar refractivity (Wildman–Crippen MR) is 89.9 cm³/mol. The number of hydrogen-bond donors (Lipinski definition) is 2. The second-order valence-electron chi connectivity index (χ2n) is 8.28. The lowest BCUT2D eigenvalue weighted by Gasteiger charge is -2.32. The van der Waals surface area contributed by atoms with Crippen LogP contribution in [0.5, 0.6) is 0 Å². The van der Waals surface area contributed by atoms with Gasteiger partial charge in [0.1, 0.15) is 5.60 Å². The standard InChI is InChI=1S/C18H34N2O2/c1-13-7-5-8-14(13)12-19-15-9-6-10-16(11-15)20-17(21)22-18(2,3)4/h13-16,19H,5-12H2,1-4H3,(H,20,21). The summed E-state index contributed by atoms with van der Waals surface area (Å²) < 4.78 is 5.36. The number of carbonyl (C=O) groups is 1. The molecule has 0 spiro atoms. The third kappa shape index (κ3) is 5.79.